The first-order valence-electron chi connectivity index (χ1n) is 8.88. The van der Waals surface area contributed by atoms with Crippen LogP contribution in [0.25, 0.3) is 0 Å². The van der Waals surface area contributed by atoms with Gasteiger partial charge >= 0.3 is 5.97 Å². The van der Waals surface area contributed by atoms with Gasteiger partial charge in [0, 0.05) is 31.0 Å². The highest BCUT2D eigenvalue weighted by molar-refractivity contribution is 7.98. The maximum Gasteiger partial charge on any atom is 0.306 e. The zero-order valence-corrected chi connectivity index (χ0v) is 16.6. The third kappa shape index (κ3) is 7.45. The molecule has 0 aromatic heterocycles. The van der Waals surface area contributed by atoms with Crippen molar-refractivity contribution in [1.82, 2.24) is 4.90 Å². The van der Waals surface area contributed by atoms with Crippen molar-refractivity contribution < 1.29 is 14.3 Å². The molecule has 144 valence electrons. The Balaban J connectivity index is 1.92. The average Bonchev–Trinajstić information content (AvgIpc) is 2.70. The number of thioether (sulfide) groups is 1. The van der Waals surface area contributed by atoms with Crippen LogP contribution < -0.4 is 5.32 Å². The highest BCUT2D eigenvalue weighted by Crippen LogP contribution is 2.24. The van der Waals surface area contributed by atoms with Gasteiger partial charge < -0.3 is 10.1 Å². The fraction of sp³-hybridized carbons (Fsp3) is 0.333. The molecule has 0 aliphatic rings. The number of esters is 1. The number of para-hydroxylation sites is 1. The summed E-state index contributed by atoms with van der Waals surface area (Å²) < 4.78 is 4.73. The van der Waals surface area contributed by atoms with E-state index in [1.54, 1.807) is 11.8 Å². The summed E-state index contributed by atoms with van der Waals surface area (Å²) in [7, 11) is 1.39. The SMILES string of the molecule is COC(=O)CCN(CCC(=O)Nc1ccccc1SC)Cc1ccccc1. The summed E-state index contributed by atoms with van der Waals surface area (Å²) in [6.07, 6.45) is 2.65. The lowest BCUT2D eigenvalue weighted by molar-refractivity contribution is -0.141. The maximum atomic E-state index is 12.4. The number of ether oxygens (including phenoxy) is 1. The molecule has 0 spiro atoms. The van der Waals surface area contributed by atoms with Crippen LogP contribution >= 0.6 is 11.8 Å². The summed E-state index contributed by atoms with van der Waals surface area (Å²) in [6.45, 7) is 1.81. The molecule has 0 unspecified atom stereocenters. The van der Waals surface area contributed by atoms with Gasteiger partial charge in [0.05, 0.1) is 19.2 Å². The van der Waals surface area contributed by atoms with Crippen molar-refractivity contribution in [3.05, 3.63) is 60.2 Å². The Hall–Kier alpha value is -2.31. The minimum atomic E-state index is -0.244. The summed E-state index contributed by atoms with van der Waals surface area (Å²) in [5.41, 5.74) is 1.98. The van der Waals surface area contributed by atoms with E-state index in [1.807, 2.05) is 60.9 Å². The first-order valence-corrected chi connectivity index (χ1v) is 10.1. The van der Waals surface area contributed by atoms with E-state index < -0.39 is 0 Å². The van der Waals surface area contributed by atoms with Crippen LogP contribution in [0.4, 0.5) is 5.69 Å². The molecule has 1 amide bonds. The second-order valence-electron chi connectivity index (χ2n) is 6.09. The Morgan fingerprint density at radius 2 is 1.67 bits per heavy atom. The molecule has 0 atom stereocenters. The molecule has 2 aromatic rings. The molecule has 5 nitrogen and oxygen atoms in total. The van der Waals surface area contributed by atoms with Crippen LogP contribution in [0.5, 0.6) is 0 Å². The molecule has 0 saturated carbocycles. The minimum Gasteiger partial charge on any atom is -0.469 e. The van der Waals surface area contributed by atoms with Crippen molar-refractivity contribution >= 4 is 29.3 Å². The number of hydrogen-bond donors (Lipinski definition) is 1. The van der Waals surface area contributed by atoms with E-state index in [0.29, 0.717) is 32.5 Å². The lowest BCUT2D eigenvalue weighted by Crippen LogP contribution is -2.30. The number of nitrogens with zero attached hydrogens (tertiary/aromatic N) is 1. The van der Waals surface area contributed by atoms with Gasteiger partial charge in [0.2, 0.25) is 5.91 Å². The molecule has 27 heavy (non-hydrogen) atoms. The van der Waals surface area contributed by atoms with Gasteiger partial charge in [-0.3, -0.25) is 14.5 Å². The third-order valence-electron chi connectivity index (χ3n) is 4.14. The number of carbonyl (C=O) groups excluding carboxylic acids is 2. The molecule has 0 aliphatic heterocycles. The summed E-state index contributed by atoms with van der Waals surface area (Å²) in [5.74, 6) is -0.279. The zero-order valence-electron chi connectivity index (χ0n) is 15.8. The molecule has 0 aliphatic carbocycles. The normalized spacial score (nSPS) is 10.6. The lowest BCUT2D eigenvalue weighted by atomic mass is 10.2. The zero-order chi connectivity index (χ0) is 19.5. The Bertz CT molecular complexity index is 737. The highest BCUT2D eigenvalue weighted by Gasteiger charge is 2.12. The fourth-order valence-electron chi connectivity index (χ4n) is 2.68. The van der Waals surface area contributed by atoms with Crippen LogP contribution in [-0.2, 0) is 20.9 Å². The molecular formula is C21H26N2O3S. The number of carbonyl (C=O) groups is 2. The van der Waals surface area contributed by atoms with Crippen molar-refractivity contribution in [3.8, 4) is 0 Å². The van der Waals surface area contributed by atoms with Crippen LogP contribution in [0.15, 0.2) is 59.5 Å². The number of hydrogen-bond acceptors (Lipinski definition) is 5. The van der Waals surface area contributed by atoms with Gasteiger partial charge in [-0.15, -0.1) is 11.8 Å². The standard InChI is InChI=1S/C21H26N2O3S/c1-26-21(25)13-15-23(16-17-8-4-3-5-9-17)14-12-20(24)22-18-10-6-7-11-19(18)27-2/h3-11H,12-16H2,1-2H3,(H,22,24). The van der Waals surface area contributed by atoms with Gasteiger partial charge in [0.15, 0.2) is 0 Å². The first-order chi connectivity index (χ1) is 13.1. The highest BCUT2D eigenvalue weighted by atomic mass is 32.2. The quantitative estimate of drug-likeness (QED) is 0.497. The molecule has 2 rings (SSSR count). The van der Waals surface area contributed by atoms with E-state index >= 15 is 0 Å². The van der Waals surface area contributed by atoms with Gasteiger partial charge in [0.25, 0.3) is 0 Å². The lowest BCUT2D eigenvalue weighted by Gasteiger charge is -2.22. The number of benzene rings is 2. The van der Waals surface area contributed by atoms with Crippen LogP contribution in [0.3, 0.4) is 0 Å². The van der Waals surface area contributed by atoms with E-state index in [9.17, 15) is 9.59 Å². The van der Waals surface area contributed by atoms with Crippen molar-refractivity contribution in [2.75, 3.05) is 31.8 Å². The molecule has 1 N–H and O–H groups in total. The molecule has 2 aromatic carbocycles. The van der Waals surface area contributed by atoms with Gasteiger partial charge in [-0.05, 0) is 24.0 Å². The van der Waals surface area contributed by atoms with Gasteiger partial charge in [-0.25, -0.2) is 0 Å². The van der Waals surface area contributed by atoms with Crippen molar-refractivity contribution in [1.29, 1.82) is 0 Å². The summed E-state index contributed by atoms with van der Waals surface area (Å²) in [5, 5.41) is 2.98. The number of nitrogens with one attached hydrogen (secondary N) is 1. The van der Waals surface area contributed by atoms with Gasteiger partial charge in [0.1, 0.15) is 0 Å². The molecule has 0 fully saturated rings. The number of amides is 1. The van der Waals surface area contributed by atoms with Crippen molar-refractivity contribution in [3.63, 3.8) is 0 Å². The fourth-order valence-corrected chi connectivity index (χ4v) is 3.24. The van der Waals surface area contributed by atoms with Crippen LogP contribution in [-0.4, -0.2) is 43.2 Å². The van der Waals surface area contributed by atoms with E-state index in [0.717, 1.165) is 16.1 Å². The Morgan fingerprint density at radius 3 is 2.37 bits per heavy atom. The van der Waals surface area contributed by atoms with E-state index in [4.69, 9.17) is 4.74 Å². The van der Waals surface area contributed by atoms with Gasteiger partial charge in [-0.2, -0.15) is 0 Å². The minimum absolute atomic E-state index is 0.0346. The predicted octanol–water partition coefficient (Wildman–Crippen LogP) is 3.80. The summed E-state index contributed by atoms with van der Waals surface area (Å²) in [6, 6.07) is 17.8. The Morgan fingerprint density at radius 1 is 1.00 bits per heavy atom. The topological polar surface area (TPSA) is 58.6 Å². The molecule has 0 heterocycles. The van der Waals surface area contributed by atoms with Crippen molar-refractivity contribution in [2.45, 2.75) is 24.3 Å². The second kappa shape index (κ2) is 11.4. The predicted molar refractivity (Wildman–Crippen MR) is 110 cm³/mol. The first kappa shape index (κ1) is 21.0. The maximum absolute atomic E-state index is 12.4. The molecule has 6 heteroatoms. The number of rotatable bonds is 10. The van der Waals surface area contributed by atoms with Crippen LogP contribution in [0.2, 0.25) is 0 Å². The smallest absolute Gasteiger partial charge is 0.306 e. The number of anilines is 1. The molecular weight excluding hydrogens is 360 g/mol. The van der Waals surface area contributed by atoms with Crippen LogP contribution in [0, 0.1) is 0 Å². The van der Waals surface area contributed by atoms with E-state index in [2.05, 4.69) is 10.2 Å². The monoisotopic (exact) mass is 386 g/mol. The molecule has 0 radical (unpaired) electrons. The van der Waals surface area contributed by atoms with Crippen molar-refractivity contribution in [2.24, 2.45) is 0 Å². The largest absolute Gasteiger partial charge is 0.469 e. The van der Waals surface area contributed by atoms with E-state index in [-0.39, 0.29) is 11.9 Å². The summed E-state index contributed by atoms with van der Waals surface area (Å²) in [4.78, 5) is 27.0. The van der Waals surface area contributed by atoms with E-state index in [1.165, 1.54) is 7.11 Å². The van der Waals surface area contributed by atoms with Gasteiger partial charge in [-0.1, -0.05) is 42.5 Å². The number of methoxy groups -OCH3 is 1. The molecule has 0 bridgehead atoms. The summed E-state index contributed by atoms with van der Waals surface area (Å²) >= 11 is 1.60. The Kier molecular flexibility index (Phi) is 8.87. The average molecular weight is 387 g/mol. The van der Waals surface area contributed by atoms with Crippen LogP contribution in [0.1, 0.15) is 18.4 Å². The Labute approximate surface area is 165 Å². The molecule has 0 saturated heterocycles. The third-order valence-corrected chi connectivity index (χ3v) is 4.94. The second-order valence-corrected chi connectivity index (χ2v) is 6.93.